The van der Waals surface area contributed by atoms with Crippen molar-refractivity contribution in [1.82, 2.24) is 0 Å². The summed E-state index contributed by atoms with van der Waals surface area (Å²) in [5.74, 6) is 0. The second-order valence-electron chi connectivity index (χ2n) is 4.87. The lowest BCUT2D eigenvalue weighted by Crippen LogP contribution is -2.30. The Labute approximate surface area is 121 Å². The van der Waals surface area contributed by atoms with Gasteiger partial charge >= 0.3 is 0 Å². The number of methoxy groups -OCH3 is 1. The van der Waals surface area contributed by atoms with Crippen LogP contribution in [0.2, 0.25) is 0 Å². The molecule has 0 bridgehead atoms. The zero-order valence-corrected chi connectivity index (χ0v) is 12.1. The molecule has 2 aromatic carbocycles. The molecule has 0 aromatic heterocycles. The van der Waals surface area contributed by atoms with Gasteiger partial charge in [0.2, 0.25) is 0 Å². The second-order valence-corrected chi connectivity index (χ2v) is 4.87. The van der Waals surface area contributed by atoms with Crippen molar-refractivity contribution in [3.8, 4) is 0 Å². The molecule has 0 heterocycles. The number of nitrogens with two attached hydrogens (primary N) is 1. The van der Waals surface area contributed by atoms with E-state index in [1.807, 2.05) is 18.2 Å². The van der Waals surface area contributed by atoms with E-state index in [1.165, 1.54) is 16.8 Å². The van der Waals surface area contributed by atoms with Gasteiger partial charge in [0, 0.05) is 26.4 Å². The molecule has 0 saturated carbocycles. The zero-order chi connectivity index (χ0) is 14.4. The maximum absolute atomic E-state index is 5.97. The maximum atomic E-state index is 5.97. The van der Waals surface area contributed by atoms with Crippen LogP contribution in [-0.4, -0.2) is 20.7 Å². The lowest BCUT2D eigenvalue weighted by Gasteiger charge is -2.29. The smallest absolute Gasteiger partial charge is 0.0713 e. The summed E-state index contributed by atoms with van der Waals surface area (Å²) in [7, 11) is 3.79. The van der Waals surface area contributed by atoms with Gasteiger partial charge in [-0.15, -0.1) is 0 Å². The average Bonchev–Trinajstić information content (AvgIpc) is 2.51. The molecule has 1 unspecified atom stereocenters. The molecular weight excluding hydrogens is 248 g/mol. The van der Waals surface area contributed by atoms with Crippen molar-refractivity contribution < 1.29 is 4.74 Å². The first-order chi connectivity index (χ1) is 9.76. The highest BCUT2D eigenvalue weighted by molar-refractivity contribution is 5.48. The van der Waals surface area contributed by atoms with Crippen molar-refractivity contribution in [3.63, 3.8) is 0 Å². The van der Waals surface area contributed by atoms with E-state index < -0.39 is 0 Å². The molecule has 0 aliphatic rings. The Hall–Kier alpha value is -1.84. The number of benzene rings is 2. The molecule has 0 amide bonds. The Bertz CT molecular complexity index is 510. The van der Waals surface area contributed by atoms with E-state index in [0.717, 1.165) is 0 Å². The van der Waals surface area contributed by atoms with Crippen LogP contribution in [0.1, 0.15) is 17.2 Å². The molecule has 0 aliphatic carbocycles. The summed E-state index contributed by atoms with van der Waals surface area (Å²) >= 11 is 0. The van der Waals surface area contributed by atoms with Crippen molar-refractivity contribution in [3.05, 3.63) is 65.7 Å². The molecule has 106 valence electrons. The van der Waals surface area contributed by atoms with E-state index in [1.54, 1.807) is 7.11 Å². The fourth-order valence-corrected chi connectivity index (χ4v) is 2.36. The van der Waals surface area contributed by atoms with Gasteiger partial charge < -0.3 is 15.4 Å². The highest BCUT2D eigenvalue weighted by Crippen LogP contribution is 2.24. The third kappa shape index (κ3) is 3.38. The van der Waals surface area contributed by atoms with Crippen molar-refractivity contribution in [1.29, 1.82) is 0 Å². The number of nitrogens with zero attached hydrogens (tertiary/aromatic N) is 1. The van der Waals surface area contributed by atoms with Crippen molar-refractivity contribution in [2.45, 2.75) is 12.6 Å². The van der Waals surface area contributed by atoms with Crippen molar-refractivity contribution in [2.75, 3.05) is 25.6 Å². The van der Waals surface area contributed by atoms with Crippen LogP contribution in [-0.2, 0) is 11.3 Å². The summed E-state index contributed by atoms with van der Waals surface area (Å²) in [6, 6.07) is 18.9. The maximum Gasteiger partial charge on any atom is 0.0713 e. The highest BCUT2D eigenvalue weighted by Gasteiger charge is 2.15. The van der Waals surface area contributed by atoms with Gasteiger partial charge in [-0.25, -0.2) is 0 Å². The molecule has 2 rings (SSSR count). The van der Waals surface area contributed by atoms with E-state index in [4.69, 9.17) is 10.5 Å². The van der Waals surface area contributed by atoms with Crippen LogP contribution < -0.4 is 10.6 Å². The number of rotatable bonds is 6. The number of hydrogen-bond donors (Lipinski definition) is 1. The normalized spacial score (nSPS) is 12.2. The summed E-state index contributed by atoms with van der Waals surface area (Å²) in [5.41, 5.74) is 9.54. The first kappa shape index (κ1) is 14.6. The van der Waals surface area contributed by atoms with Crippen LogP contribution in [0.25, 0.3) is 0 Å². The zero-order valence-electron chi connectivity index (χ0n) is 12.1. The van der Waals surface area contributed by atoms with Crippen molar-refractivity contribution >= 4 is 5.69 Å². The predicted octanol–water partition coefficient (Wildman–Crippen LogP) is 2.97. The van der Waals surface area contributed by atoms with Crippen LogP contribution in [0.3, 0.4) is 0 Å². The lowest BCUT2D eigenvalue weighted by atomic mass is 10.0. The second kappa shape index (κ2) is 7.08. The number of ether oxygens (including phenoxy) is 1. The average molecular weight is 270 g/mol. The molecule has 0 fully saturated rings. The molecule has 2 aromatic rings. The van der Waals surface area contributed by atoms with E-state index in [0.29, 0.717) is 13.2 Å². The third-order valence-corrected chi connectivity index (χ3v) is 3.53. The fourth-order valence-electron chi connectivity index (χ4n) is 2.36. The summed E-state index contributed by atoms with van der Waals surface area (Å²) in [4.78, 5) is 2.21. The monoisotopic (exact) mass is 270 g/mol. The van der Waals surface area contributed by atoms with Gasteiger partial charge in [-0.05, 0) is 23.3 Å². The van der Waals surface area contributed by atoms with E-state index >= 15 is 0 Å². The molecule has 0 saturated heterocycles. The Kier molecular flexibility index (Phi) is 5.16. The van der Waals surface area contributed by atoms with Gasteiger partial charge in [0.15, 0.2) is 0 Å². The minimum atomic E-state index is 0.175. The minimum Gasteiger partial charge on any atom is -0.380 e. The number of hydrogen-bond acceptors (Lipinski definition) is 3. The Morgan fingerprint density at radius 3 is 2.25 bits per heavy atom. The number of likely N-dealkylation sites (N-methyl/N-ethyl adjacent to an activating group) is 1. The third-order valence-electron chi connectivity index (χ3n) is 3.53. The molecule has 3 nitrogen and oxygen atoms in total. The van der Waals surface area contributed by atoms with E-state index in [9.17, 15) is 0 Å². The van der Waals surface area contributed by atoms with Gasteiger partial charge in [-0.3, -0.25) is 0 Å². The molecular formula is C17H22N2O. The Morgan fingerprint density at radius 1 is 1.05 bits per heavy atom. The summed E-state index contributed by atoms with van der Waals surface area (Å²) in [5, 5.41) is 0. The lowest BCUT2D eigenvalue weighted by molar-refractivity contribution is 0.185. The molecule has 20 heavy (non-hydrogen) atoms. The number of anilines is 1. The number of para-hydroxylation sites is 1. The first-order valence-corrected chi connectivity index (χ1v) is 6.82. The molecule has 2 N–H and O–H groups in total. The fraction of sp³-hybridized carbons (Fsp3) is 0.294. The van der Waals surface area contributed by atoms with Gasteiger partial charge in [-0.1, -0.05) is 42.5 Å². The van der Waals surface area contributed by atoms with Crippen molar-refractivity contribution in [2.24, 2.45) is 5.73 Å². The molecule has 0 aliphatic heterocycles. The summed E-state index contributed by atoms with van der Waals surface area (Å²) < 4.78 is 5.14. The van der Waals surface area contributed by atoms with Crippen LogP contribution in [0.15, 0.2) is 54.6 Å². The summed E-state index contributed by atoms with van der Waals surface area (Å²) in [6.45, 7) is 1.22. The standard InChI is InChI=1S/C17H22N2O/c1-19(16-6-4-3-5-7-16)17(12-18)15-10-8-14(9-11-15)13-20-2/h3-11,17H,12-13,18H2,1-2H3. The van der Waals surface area contributed by atoms with Gasteiger partial charge in [-0.2, -0.15) is 0 Å². The quantitative estimate of drug-likeness (QED) is 0.877. The van der Waals surface area contributed by atoms with Crippen LogP contribution in [0.4, 0.5) is 5.69 Å². The highest BCUT2D eigenvalue weighted by atomic mass is 16.5. The molecule has 1 atom stereocenters. The SMILES string of the molecule is COCc1ccc(C(CN)N(C)c2ccccc2)cc1. The minimum absolute atomic E-state index is 0.175. The van der Waals surface area contributed by atoms with E-state index in [-0.39, 0.29) is 6.04 Å². The van der Waals surface area contributed by atoms with Crippen LogP contribution >= 0.6 is 0 Å². The predicted molar refractivity (Wildman–Crippen MR) is 83.8 cm³/mol. The largest absolute Gasteiger partial charge is 0.380 e. The molecule has 0 radical (unpaired) electrons. The Morgan fingerprint density at radius 2 is 1.70 bits per heavy atom. The van der Waals surface area contributed by atoms with Crippen LogP contribution in [0.5, 0.6) is 0 Å². The van der Waals surface area contributed by atoms with Gasteiger partial charge in [0.25, 0.3) is 0 Å². The molecule has 0 spiro atoms. The van der Waals surface area contributed by atoms with Gasteiger partial charge in [0.05, 0.1) is 12.6 Å². The van der Waals surface area contributed by atoms with Crippen LogP contribution in [0, 0.1) is 0 Å². The first-order valence-electron chi connectivity index (χ1n) is 6.82. The summed E-state index contributed by atoms with van der Waals surface area (Å²) in [6.07, 6.45) is 0. The topological polar surface area (TPSA) is 38.5 Å². The van der Waals surface area contributed by atoms with Gasteiger partial charge in [0.1, 0.15) is 0 Å². The molecule has 3 heteroatoms. The van der Waals surface area contributed by atoms with E-state index in [2.05, 4.69) is 48.3 Å². The Balaban J connectivity index is 2.19.